The summed E-state index contributed by atoms with van der Waals surface area (Å²) in [6.07, 6.45) is 2.56. The lowest BCUT2D eigenvalue weighted by molar-refractivity contribution is -0.137. The first kappa shape index (κ1) is 24.2. The van der Waals surface area contributed by atoms with E-state index < -0.39 is 11.7 Å². The molecule has 0 spiro atoms. The van der Waals surface area contributed by atoms with E-state index in [1.165, 1.54) is 12.4 Å². The van der Waals surface area contributed by atoms with E-state index in [-0.39, 0.29) is 41.3 Å². The summed E-state index contributed by atoms with van der Waals surface area (Å²) in [7, 11) is 0. The molecule has 0 atom stereocenters. The normalized spacial score (nSPS) is 21.2. The SMILES string of the molecule is O=C(CNc1ncnc2ccc(C(F)(F)F)cc12)NC1CN([C@H]2CC[C@@H](n3ccccc3=O)CC2)C1. The van der Waals surface area contributed by atoms with Crippen molar-refractivity contribution in [2.45, 2.75) is 50.0 Å². The third-order valence-electron chi connectivity index (χ3n) is 7.08. The fourth-order valence-electron chi connectivity index (χ4n) is 5.16. The predicted molar refractivity (Wildman–Crippen MR) is 129 cm³/mol. The first-order valence-corrected chi connectivity index (χ1v) is 12.0. The third kappa shape index (κ3) is 5.20. The number of likely N-dealkylation sites (tertiary alicyclic amines) is 1. The first-order chi connectivity index (χ1) is 17.3. The van der Waals surface area contributed by atoms with Gasteiger partial charge >= 0.3 is 6.18 Å². The van der Waals surface area contributed by atoms with Gasteiger partial charge in [-0.3, -0.25) is 14.5 Å². The molecule has 5 rings (SSSR count). The average Bonchev–Trinajstić information content (AvgIpc) is 2.84. The van der Waals surface area contributed by atoms with Gasteiger partial charge in [0.15, 0.2) is 0 Å². The van der Waals surface area contributed by atoms with Crippen LogP contribution in [0.2, 0.25) is 0 Å². The van der Waals surface area contributed by atoms with Gasteiger partial charge in [0.2, 0.25) is 5.91 Å². The maximum atomic E-state index is 13.1. The van der Waals surface area contributed by atoms with E-state index in [0.717, 1.165) is 50.9 Å². The zero-order valence-electron chi connectivity index (χ0n) is 19.5. The zero-order valence-corrected chi connectivity index (χ0v) is 19.5. The lowest BCUT2D eigenvalue weighted by atomic mass is 9.88. The highest BCUT2D eigenvalue weighted by Gasteiger charge is 2.35. The van der Waals surface area contributed by atoms with Gasteiger partial charge in [0.1, 0.15) is 12.1 Å². The second-order valence-electron chi connectivity index (χ2n) is 9.43. The van der Waals surface area contributed by atoms with Crippen LogP contribution in [0.1, 0.15) is 37.3 Å². The fraction of sp³-hybridized carbons (Fsp3) is 0.440. The topological polar surface area (TPSA) is 92.1 Å². The highest BCUT2D eigenvalue weighted by Crippen LogP contribution is 2.33. The molecule has 2 N–H and O–H groups in total. The smallest absolute Gasteiger partial charge is 0.360 e. The molecular formula is C25H27F3N6O2. The molecule has 2 aliphatic rings. The molecule has 11 heteroatoms. The Hall–Kier alpha value is -3.47. The number of hydrogen-bond donors (Lipinski definition) is 2. The molecule has 1 amide bonds. The van der Waals surface area contributed by atoms with Crippen LogP contribution in [0.4, 0.5) is 19.0 Å². The second-order valence-corrected chi connectivity index (χ2v) is 9.43. The van der Waals surface area contributed by atoms with Crippen molar-refractivity contribution >= 4 is 22.6 Å². The molecule has 1 saturated heterocycles. The lowest BCUT2D eigenvalue weighted by Crippen LogP contribution is -2.63. The molecule has 1 aromatic carbocycles. The maximum absolute atomic E-state index is 13.1. The van der Waals surface area contributed by atoms with Gasteiger partial charge in [-0.1, -0.05) is 6.07 Å². The number of amides is 1. The van der Waals surface area contributed by atoms with Crippen molar-refractivity contribution in [1.82, 2.24) is 24.8 Å². The summed E-state index contributed by atoms with van der Waals surface area (Å²) in [4.78, 5) is 34.9. The number of nitrogens with one attached hydrogen (secondary N) is 2. The van der Waals surface area contributed by atoms with E-state index >= 15 is 0 Å². The number of carbonyl (C=O) groups excluding carboxylic acids is 1. The quantitative estimate of drug-likeness (QED) is 0.540. The maximum Gasteiger partial charge on any atom is 0.416 e. The monoisotopic (exact) mass is 500 g/mol. The van der Waals surface area contributed by atoms with Crippen LogP contribution in [-0.2, 0) is 11.0 Å². The van der Waals surface area contributed by atoms with Crippen LogP contribution in [0.15, 0.2) is 53.7 Å². The molecule has 1 saturated carbocycles. The third-order valence-corrected chi connectivity index (χ3v) is 7.08. The van der Waals surface area contributed by atoms with Crippen molar-refractivity contribution in [2.24, 2.45) is 0 Å². The molecule has 3 heterocycles. The number of aromatic nitrogens is 3. The lowest BCUT2D eigenvalue weighted by Gasteiger charge is -2.46. The van der Waals surface area contributed by atoms with Gasteiger partial charge in [0, 0.05) is 42.8 Å². The van der Waals surface area contributed by atoms with Crippen molar-refractivity contribution in [3.05, 3.63) is 64.8 Å². The Bertz CT molecular complexity index is 1300. The van der Waals surface area contributed by atoms with Crippen molar-refractivity contribution in [3.8, 4) is 0 Å². The van der Waals surface area contributed by atoms with Gasteiger partial charge in [-0.2, -0.15) is 13.2 Å². The van der Waals surface area contributed by atoms with Crippen molar-refractivity contribution in [2.75, 3.05) is 25.0 Å². The molecule has 0 unspecified atom stereocenters. The van der Waals surface area contributed by atoms with Gasteiger partial charge in [0.05, 0.1) is 23.7 Å². The fourth-order valence-corrected chi connectivity index (χ4v) is 5.16. The predicted octanol–water partition coefficient (Wildman–Crippen LogP) is 3.21. The minimum Gasteiger partial charge on any atom is -0.360 e. The van der Waals surface area contributed by atoms with Gasteiger partial charge < -0.3 is 15.2 Å². The minimum atomic E-state index is -4.48. The number of halogens is 3. The Morgan fingerprint density at radius 3 is 2.50 bits per heavy atom. The highest BCUT2D eigenvalue weighted by molar-refractivity contribution is 5.91. The van der Waals surface area contributed by atoms with Crippen LogP contribution in [0, 0.1) is 0 Å². The Labute approximate surface area is 205 Å². The Kier molecular flexibility index (Phi) is 6.65. The first-order valence-electron chi connectivity index (χ1n) is 12.0. The number of rotatable bonds is 6. The Morgan fingerprint density at radius 2 is 1.78 bits per heavy atom. The summed E-state index contributed by atoms with van der Waals surface area (Å²) in [5, 5.41) is 6.03. The number of nitrogens with zero attached hydrogens (tertiary/aromatic N) is 4. The standard InChI is InChI=1S/C25H27F3N6O2/c26-25(27,28)16-4-9-21-20(11-16)24(31-15-30-21)29-12-22(35)32-17-13-33(14-17)18-5-7-19(8-6-18)34-10-2-1-3-23(34)36/h1-4,9-11,15,17-19H,5-8,12-14H2,(H,32,35)(H,29,30,31)/t18-,19+. The van der Waals surface area contributed by atoms with E-state index in [4.69, 9.17) is 0 Å². The number of fused-ring (bicyclic) bond motifs is 1. The summed E-state index contributed by atoms with van der Waals surface area (Å²) in [6, 6.07) is 9.21. The molecule has 2 aromatic heterocycles. The van der Waals surface area contributed by atoms with E-state index in [9.17, 15) is 22.8 Å². The van der Waals surface area contributed by atoms with E-state index in [1.807, 2.05) is 16.8 Å². The second kappa shape index (κ2) is 9.88. The summed E-state index contributed by atoms with van der Waals surface area (Å²) >= 11 is 0. The van der Waals surface area contributed by atoms with Crippen LogP contribution >= 0.6 is 0 Å². The average molecular weight is 501 g/mol. The van der Waals surface area contributed by atoms with Gasteiger partial charge in [-0.15, -0.1) is 0 Å². The molecule has 36 heavy (non-hydrogen) atoms. The Balaban J connectivity index is 1.09. The molecule has 8 nitrogen and oxygen atoms in total. The van der Waals surface area contributed by atoms with Gasteiger partial charge in [-0.05, 0) is 49.9 Å². The molecule has 3 aromatic rings. The minimum absolute atomic E-state index is 0.0349. The molecule has 190 valence electrons. The highest BCUT2D eigenvalue weighted by atomic mass is 19.4. The summed E-state index contributed by atoms with van der Waals surface area (Å²) in [5.74, 6) is -0.0590. The largest absolute Gasteiger partial charge is 0.416 e. The van der Waals surface area contributed by atoms with E-state index in [2.05, 4.69) is 25.5 Å². The van der Waals surface area contributed by atoms with Crippen LogP contribution < -0.4 is 16.2 Å². The van der Waals surface area contributed by atoms with Crippen molar-refractivity contribution < 1.29 is 18.0 Å². The van der Waals surface area contributed by atoms with Gasteiger partial charge in [0.25, 0.3) is 5.56 Å². The van der Waals surface area contributed by atoms with Gasteiger partial charge in [-0.25, -0.2) is 9.97 Å². The zero-order chi connectivity index (χ0) is 25.3. The van der Waals surface area contributed by atoms with Crippen LogP contribution in [0.25, 0.3) is 10.9 Å². The summed E-state index contributed by atoms with van der Waals surface area (Å²) in [5.41, 5.74) is -0.392. The summed E-state index contributed by atoms with van der Waals surface area (Å²) in [6.45, 7) is 1.42. The number of carbonyl (C=O) groups is 1. The molecule has 1 aliphatic carbocycles. The number of alkyl halides is 3. The number of anilines is 1. The van der Waals surface area contributed by atoms with Crippen LogP contribution in [0.3, 0.4) is 0 Å². The van der Waals surface area contributed by atoms with Crippen molar-refractivity contribution in [3.63, 3.8) is 0 Å². The molecule has 0 radical (unpaired) electrons. The number of pyridine rings is 1. The Morgan fingerprint density at radius 1 is 1.03 bits per heavy atom. The number of hydrogen-bond acceptors (Lipinski definition) is 6. The number of benzene rings is 1. The van der Waals surface area contributed by atoms with E-state index in [1.54, 1.807) is 12.1 Å². The van der Waals surface area contributed by atoms with E-state index in [0.29, 0.717) is 11.6 Å². The molecule has 1 aliphatic heterocycles. The molecule has 0 bridgehead atoms. The molecule has 2 fully saturated rings. The van der Waals surface area contributed by atoms with Crippen LogP contribution in [-0.4, -0.2) is 57.1 Å². The summed E-state index contributed by atoms with van der Waals surface area (Å²) < 4.78 is 41.1. The van der Waals surface area contributed by atoms with Crippen LogP contribution in [0.5, 0.6) is 0 Å². The van der Waals surface area contributed by atoms with Crippen molar-refractivity contribution in [1.29, 1.82) is 0 Å². The molecular weight excluding hydrogens is 473 g/mol.